The molecule has 2 rings (SSSR count). The molecule has 0 saturated heterocycles. The lowest BCUT2D eigenvalue weighted by atomic mass is 10.3. The molecule has 1 aromatic carbocycles. The number of hydrogen-bond donors (Lipinski definition) is 3. The van der Waals surface area contributed by atoms with Crippen LogP contribution in [0.4, 0.5) is 0 Å². The predicted octanol–water partition coefficient (Wildman–Crippen LogP) is 0.280. The zero-order chi connectivity index (χ0) is 17.4. The average molecular weight is 335 g/mol. The first-order valence-corrected chi connectivity index (χ1v) is 7.75. The molecular weight excluding hydrogens is 314 g/mol. The average Bonchev–Trinajstić information content (AvgIpc) is 3.41. The third-order valence-electron chi connectivity index (χ3n) is 3.31. The van der Waals surface area contributed by atoms with Crippen LogP contribution in [0.5, 0.6) is 11.5 Å². The summed E-state index contributed by atoms with van der Waals surface area (Å²) < 4.78 is 10.5. The number of amides is 3. The Balaban J connectivity index is 1.55. The summed E-state index contributed by atoms with van der Waals surface area (Å²) in [6, 6.07) is 7.21. The van der Waals surface area contributed by atoms with Crippen LogP contribution in [0, 0.1) is 0 Å². The summed E-state index contributed by atoms with van der Waals surface area (Å²) >= 11 is 0. The van der Waals surface area contributed by atoms with Crippen LogP contribution in [0.25, 0.3) is 0 Å². The number of ether oxygens (including phenoxy) is 2. The van der Waals surface area contributed by atoms with Gasteiger partial charge in [0.2, 0.25) is 5.91 Å². The quantitative estimate of drug-likeness (QED) is 0.377. The van der Waals surface area contributed by atoms with Crippen molar-refractivity contribution in [1.82, 2.24) is 16.2 Å². The van der Waals surface area contributed by atoms with Crippen molar-refractivity contribution in [3.8, 4) is 11.5 Å². The van der Waals surface area contributed by atoms with Gasteiger partial charge in [-0.25, -0.2) is 0 Å². The number of methoxy groups -OCH3 is 1. The molecule has 0 heterocycles. The van der Waals surface area contributed by atoms with Crippen LogP contribution in [-0.4, -0.2) is 37.5 Å². The fraction of sp³-hybridized carbons (Fsp3) is 0.438. The zero-order valence-electron chi connectivity index (χ0n) is 13.5. The number of hydrazine groups is 1. The molecule has 24 heavy (non-hydrogen) atoms. The van der Waals surface area contributed by atoms with Crippen molar-refractivity contribution >= 4 is 17.7 Å². The first kappa shape index (κ1) is 17.6. The predicted molar refractivity (Wildman–Crippen MR) is 85.2 cm³/mol. The van der Waals surface area contributed by atoms with Gasteiger partial charge in [0.1, 0.15) is 11.5 Å². The number of benzene rings is 1. The first-order chi connectivity index (χ1) is 11.6. The monoisotopic (exact) mass is 335 g/mol. The molecule has 0 unspecified atom stereocenters. The number of hydrogen-bond acceptors (Lipinski definition) is 5. The van der Waals surface area contributed by atoms with Gasteiger partial charge in [-0.15, -0.1) is 0 Å². The molecule has 1 aliphatic carbocycles. The molecule has 1 aliphatic rings. The molecule has 1 fully saturated rings. The molecule has 0 aliphatic heterocycles. The van der Waals surface area contributed by atoms with E-state index < -0.39 is 11.8 Å². The van der Waals surface area contributed by atoms with Crippen LogP contribution in [0.15, 0.2) is 24.3 Å². The van der Waals surface area contributed by atoms with Crippen molar-refractivity contribution in [2.24, 2.45) is 0 Å². The van der Waals surface area contributed by atoms with E-state index in [1.54, 1.807) is 31.4 Å². The minimum atomic E-state index is -0.871. The van der Waals surface area contributed by atoms with Gasteiger partial charge in [-0.1, -0.05) is 0 Å². The van der Waals surface area contributed by atoms with Gasteiger partial charge >= 0.3 is 11.8 Å². The second-order valence-electron chi connectivity index (χ2n) is 5.38. The van der Waals surface area contributed by atoms with Crippen molar-refractivity contribution in [3.63, 3.8) is 0 Å². The number of nitrogens with one attached hydrogen (secondary N) is 3. The largest absolute Gasteiger partial charge is 0.497 e. The molecule has 1 aromatic rings. The Hall–Kier alpha value is -2.77. The molecule has 3 amide bonds. The molecule has 8 heteroatoms. The molecule has 0 bridgehead atoms. The molecule has 0 radical (unpaired) electrons. The highest BCUT2D eigenvalue weighted by molar-refractivity contribution is 6.35. The Labute approximate surface area is 139 Å². The van der Waals surface area contributed by atoms with E-state index in [1.807, 2.05) is 0 Å². The van der Waals surface area contributed by atoms with E-state index in [2.05, 4.69) is 16.2 Å². The number of rotatable bonds is 7. The highest BCUT2D eigenvalue weighted by Crippen LogP contribution is 2.18. The van der Waals surface area contributed by atoms with Gasteiger partial charge < -0.3 is 14.8 Å². The van der Waals surface area contributed by atoms with Crippen LogP contribution in [0.1, 0.15) is 25.7 Å². The van der Waals surface area contributed by atoms with Crippen LogP contribution in [0.2, 0.25) is 0 Å². The minimum Gasteiger partial charge on any atom is -0.497 e. The zero-order valence-corrected chi connectivity index (χ0v) is 13.5. The van der Waals surface area contributed by atoms with E-state index in [9.17, 15) is 14.4 Å². The molecule has 0 spiro atoms. The topological polar surface area (TPSA) is 106 Å². The number of carbonyl (C=O) groups is 3. The molecule has 8 nitrogen and oxygen atoms in total. The first-order valence-electron chi connectivity index (χ1n) is 7.75. The SMILES string of the molecule is COc1ccc(OCCCC(=O)NNC(=O)C(=O)NC2CC2)cc1. The third kappa shape index (κ3) is 6.15. The standard InChI is InChI=1S/C16H21N3O5/c1-23-12-6-8-13(9-7-12)24-10-2-3-14(20)18-19-16(22)15(21)17-11-4-5-11/h6-9,11H,2-5,10H2,1H3,(H,17,21)(H,18,20)(H,19,22). The van der Waals surface area contributed by atoms with Gasteiger partial charge in [-0.3, -0.25) is 25.2 Å². The third-order valence-corrected chi connectivity index (χ3v) is 3.31. The summed E-state index contributed by atoms with van der Waals surface area (Å²) in [6.45, 7) is 0.357. The van der Waals surface area contributed by atoms with Crippen molar-refractivity contribution in [1.29, 1.82) is 0 Å². The van der Waals surface area contributed by atoms with E-state index in [0.717, 1.165) is 18.6 Å². The highest BCUT2D eigenvalue weighted by Gasteiger charge is 2.26. The maximum Gasteiger partial charge on any atom is 0.327 e. The van der Waals surface area contributed by atoms with E-state index in [-0.39, 0.29) is 18.4 Å². The second-order valence-corrected chi connectivity index (χ2v) is 5.38. The van der Waals surface area contributed by atoms with Crippen LogP contribution < -0.4 is 25.6 Å². The van der Waals surface area contributed by atoms with Crippen molar-refractivity contribution in [2.75, 3.05) is 13.7 Å². The second kappa shape index (κ2) is 8.76. The van der Waals surface area contributed by atoms with Gasteiger partial charge in [0, 0.05) is 12.5 Å². The van der Waals surface area contributed by atoms with Crippen LogP contribution in [-0.2, 0) is 14.4 Å². The fourth-order valence-electron chi connectivity index (χ4n) is 1.82. The molecule has 0 aromatic heterocycles. The highest BCUT2D eigenvalue weighted by atomic mass is 16.5. The summed E-state index contributed by atoms with van der Waals surface area (Å²) in [4.78, 5) is 34.3. The van der Waals surface area contributed by atoms with E-state index in [4.69, 9.17) is 9.47 Å². The molecule has 3 N–H and O–H groups in total. The van der Waals surface area contributed by atoms with Crippen LogP contribution in [0.3, 0.4) is 0 Å². The van der Waals surface area contributed by atoms with E-state index in [1.165, 1.54) is 0 Å². The van der Waals surface area contributed by atoms with Gasteiger partial charge in [0.05, 0.1) is 13.7 Å². The van der Waals surface area contributed by atoms with Crippen molar-refractivity contribution in [3.05, 3.63) is 24.3 Å². The smallest absolute Gasteiger partial charge is 0.327 e. The van der Waals surface area contributed by atoms with Crippen molar-refractivity contribution in [2.45, 2.75) is 31.7 Å². The van der Waals surface area contributed by atoms with Gasteiger partial charge in [0.15, 0.2) is 0 Å². The molecule has 130 valence electrons. The summed E-state index contributed by atoms with van der Waals surface area (Å²) in [5, 5.41) is 2.52. The van der Waals surface area contributed by atoms with Crippen molar-refractivity contribution < 1.29 is 23.9 Å². The van der Waals surface area contributed by atoms with Gasteiger partial charge in [-0.05, 0) is 43.5 Å². The summed E-state index contributed by atoms with van der Waals surface area (Å²) in [6.07, 6.45) is 2.42. The fourth-order valence-corrected chi connectivity index (χ4v) is 1.82. The van der Waals surface area contributed by atoms with E-state index in [0.29, 0.717) is 18.8 Å². The Morgan fingerprint density at radius 3 is 2.33 bits per heavy atom. The lowest BCUT2D eigenvalue weighted by Crippen LogP contribution is -2.48. The molecule has 1 saturated carbocycles. The minimum absolute atomic E-state index is 0.0917. The van der Waals surface area contributed by atoms with Gasteiger partial charge in [-0.2, -0.15) is 0 Å². The van der Waals surface area contributed by atoms with Gasteiger partial charge in [0.25, 0.3) is 0 Å². The summed E-state index contributed by atoms with van der Waals surface area (Å²) in [7, 11) is 1.59. The lowest BCUT2D eigenvalue weighted by Gasteiger charge is -2.08. The normalized spacial score (nSPS) is 12.9. The summed E-state index contributed by atoms with van der Waals surface area (Å²) in [5.41, 5.74) is 4.28. The van der Waals surface area contributed by atoms with E-state index >= 15 is 0 Å². The Morgan fingerprint density at radius 2 is 1.71 bits per heavy atom. The number of carbonyl (C=O) groups excluding carboxylic acids is 3. The molecule has 0 atom stereocenters. The maximum absolute atomic E-state index is 11.6. The van der Waals surface area contributed by atoms with Crippen LogP contribution >= 0.6 is 0 Å². The Bertz CT molecular complexity index is 584. The summed E-state index contributed by atoms with van der Waals surface area (Å²) in [5.74, 6) is -0.573. The molecular formula is C16H21N3O5. The lowest BCUT2D eigenvalue weighted by molar-refractivity contribution is -0.141. The maximum atomic E-state index is 11.6. The Kier molecular flexibility index (Phi) is 6.41. The Morgan fingerprint density at radius 1 is 1.04 bits per heavy atom.